The van der Waals surface area contributed by atoms with Gasteiger partial charge in [-0.25, -0.2) is 4.39 Å². The quantitative estimate of drug-likeness (QED) is 0.566. The number of nitrogens with zero attached hydrogens (tertiary/aromatic N) is 2. The van der Waals surface area contributed by atoms with Crippen molar-refractivity contribution in [3.05, 3.63) is 84.1 Å². The van der Waals surface area contributed by atoms with Gasteiger partial charge in [0.05, 0.1) is 12.0 Å². The number of hydrogen-bond acceptors (Lipinski definition) is 4. The summed E-state index contributed by atoms with van der Waals surface area (Å²) in [7, 11) is 0. The molecular weight excluding hydrogens is 347 g/mol. The molecule has 6 nitrogen and oxygen atoms in total. The summed E-state index contributed by atoms with van der Waals surface area (Å²) in [6.07, 6.45) is 3.25. The minimum Gasteiger partial charge on any atom is -0.463 e. The van der Waals surface area contributed by atoms with Crippen LogP contribution in [-0.4, -0.2) is 21.1 Å². The lowest BCUT2D eigenvalue weighted by Crippen LogP contribution is -2.23. The number of hydrogen-bond donors (Lipinski definition) is 2. The van der Waals surface area contributed by atoms with Gasteiger partial charge in [-0.2, -0.15) is 5.10 Å². The maximum atomic E-state index is 13.0. The van der Waals surface area contributed by atoms with Gasteiger partial charge in [-0.15, -0.1) is 0 Å². The molecule has 4 rings (SSSR count). The van der Waals surface area contributed by atoms with Gasteiger partial charge in [0.25, 0.3) is 5.91 Å². The van der Waals surface area contributed by atoms with E-state index in [9.17, 15) is 9.18 Å². The first-order chi connectivity index (χ1) is 13.2. The number of H-pyrrole nitrogens is 1. The van der Waals surface area contributed by atoms with E-state index in [0.29, 0.717) is 29.4 Å². The fourth-order valence-electron chi connectivity index (χ4n) is 2.63. The Hall–Kier alpha value is -3.74. The SMILES string of the molecule is O=C(NCc1ccnc(-c2ccco2)c1)c1cc(-c2ccc(F)cc2)n[nH]1. The first-order valence-electron chi connectivity index (χ1n) is 8.27. The van der Waals surface area contributed by atoms with E-state index in [1.807, 2.05) is 18.2 Å². The highest BCUT2D eigenvalue weighted by Gasteiger charge is 2.11. The number of aromatic nitrogens is 3. The van der Waals surface area contributed by atoms with Gasteiger partial charge in [0, 0.05) is 18.3 Å². The normalized spacial score (nSPS) is 10.7. The van der Waals surface area contributed by atoms with Crippen LogP contribution in [0.5, 0.6) is 0 Å². The van der Waals surface area contributed by atoms with Crippen LogP contribution in [0.2, 0.25) is 0 Å². The van der Waals surface area contributed by atoms with Crippen LogP contribution in [0.1, 0.15) is 16.1 Å². The smallest absolute Gasteiger partial charge is 0.269 e. The first kappa shape index (κ1) is 16.7. The highest BCUT2D eigenvalue weighted by Crippen LogP contribution is 2.19. The van der Waals surface area contributed by atoms with Crippen molar-refractivity contribution in [2.24, 2.45) is 0 Å². The lowest BCUT2D eigenvalue weighted by Gasteiger charge is -2.05. The van der Waals surface area contributed by atoms with E-state index in [1.54, 1.807) is 36.7 Å². The Labute approximate surface area is 154 Å². The molecule has 0 spiro atoms. The number of aromatic amines is 1. The second-order valence-electron chi connectivity index (χ2n) is 5.88. The van der Waals surface area contributed by atoms with E-state index in [-0.39, 0.29) is 11.7 Å². The van der Waals surface area contributed by atoms with Gasteiger partial charge in [0.1, 0.15) is 17.2 Å². The monoisotopic (exact) mass is 362 g/mol. The lowest BCUT2D eigenvalue weighted by molar-refractivity contribution is 0.0946. The van der Waals surface area contributed by atoms with Gasteiger partial charge in [-0.1, -0.05) is 0 Å². The van der Waals surface area contributed by atoms with E-state index < -0.39 is 0 Å². The Morgan fingerprint density at radius 3 is 2.74 bits per heavy atom. The summed E-state index contributed by atoms with van der Waals surface area (Å²) in [6, 6.07) is 14.9. The van der Waals surface area contributed by atoms with E-state index in [4.69, 9.17) is 4.42 Å². The molecule has 134 valence electrons. The van der Waals surface area contributed by atoms with E-state index in [2.05, 4.69) is 20.5 Å². The van der Waals surface area contributed by atoms with Crippen LogP contribution >= 0.6 is 0 Å². The molecule has 0 saturated heterocycles. The number of amides is 1. The van der Waals surface area contributed by atoms with Gasteiger partial charge in [0.15, 0.2) is 5.76 Å². The van der Waals surface area contributed by atoms with Crippen molar-refractivity contribution in [1.29, 1.82) is 0 Å². The highest BCUT2D eigenvalue weighted by atomic mass is 19.1. The van der Waals surface area contributed by atoms with Crippen LogP contribution < -0.4 is 5.32 Å². The third-order valence-electron chi connectivity index (χ3n) is 4.01. The molecular formula is C20H15FN4O2. The Kier molecular flexibility index (Phi) is 4.49. The summed E-state index contributed by atoms with van der Waals surface area (Å²) in [5.41, 5.74) is 3.22. The van der Waals surface area contributed by atoms with Crippen molar-refractivity contribution in [2.75, 3.05) is 0 Å². The fourth-order valence-corrected chi connectivity index (χ4v) is 2.63. The molecule has 0 atom stereocenters. The predicted octanol–water partition coefficient (Wildman–Crippen LogP) is 3.80. The number of carbonyl (C=O) groups is 1. The minimum absolute atomic E-state index is 0.285. The number of pyridine rings is 1. The van der Waals surface area contributed by atoms with Gasteiger partial charge in [-0.3, -0.25) is 14.9 Å². The molecule has 3 heterocycles. The van der Waals surface area contributed by atoms with Gasteiger partial charge < -0.3 is 9.73 Å². The molecule has 1 aromatic carbocycles. The van der Waals surface area contributed by atoms with Crippen molar-refractivity contribution in [2.45, 2.75) is 6.54 Å². The van der Waals surface area contributed by atoms with Crippen LogP contribution in [0.3, 0.4) is 0 Å². The third kappa shape index (κ3) is 3.77. The minimum atomic E-state index is -0.321. The van der Waals surface area contributed by atoms with Gasteiger partial charge in [-0.05, 0) is 60.2 Å². The molecule has 0 unspecified atom stereocenters. The Balaban J connectivity index is 1.43. The summed E-state index contributed by atoms with van der Waals surface area (Å²) in [5, 5.41) is 9.65. The average molecular weight is 362 g/mol. The zero-order valence-corrected chi connectivity index (χ0v) is 14.1. The number of carbonyl (C=O) groups excluding carboxylic acids is 1. The summed E-state index contributed by atoms with van der Waals surface area (Å²) >= 11 is 0. The predicted molar refractivity (Wildman–Crippen MR) is 97.1 cm³/mol. The molecule has 0 saturated carbocycles. The van der Waals surface area contributed by atoms with Crippen molar-refractivity contribution >= 4 is 5.91 Å². The molecule has 0 bridgehead atoms. The van der Waals surface area contributed by atoms with Crippen molar-refractivity contribution in [3.63, 3.8) is 0 Å². The summed E-state index contributed by atoms with van der Waals surface area (Å²) in [5.74, 6) is 0.0615. The topological polar surface area (TPSA) is 83.8 Å². The second kappa shape index (κ2) is 7.25. The van der Waals surface area contributed by atoms with E-state index >= 15 is 0 Å². The highest BCUT2D eigenvalue weighted by molar-refractivity contribution is 5.93. The molecule has 4 aromatic rings. The Bertz CT molecular complexity index is 1060. The largest absolute Gasteiger partial charge is 0.463 e. The number of nitrogens with one attached hydrogen (secondary N) is 2. The van der Waals surface area contributed by atoms with Gasteiger partial charge >= 0.3 is 0 Å². The molecule has 0 aliphatic heterocycles. The third-order valence-corrected chi connectivity index (χ3v) is 4.01. The van der Waals surface area contributed by atoms with E-state index in [0.717, 1.165) is 11.1 Å². The van der Waals surface area contributed by atoms with Crippen molar-refractivity contribution in [1.82, 2.24) is 20.5 Å². The molecule has 0 aliphatic rings. The van der Waals surface area contributed by atoms with Crippen LogP contribution in [0, 0.1) is 5.82 Å². The van der Waals surface area contributed by atoms with E-state index in [1.165, 1.54) is 12.1 Å². The summed E-state index contributed by atoms with van der Waals surface area (Å²) in [4.78, 5) is 16.6. The standard InChI is InChI=1S/C20H15FN4O2/c21-15-5-3-14(4-6-15)16-11-18(25-24-16)20(26)23-12-13-7-8-22-17(10-13)19-2-1-9-27-19/h1-11H,12H2,(H,23,26)(H,24,25). The zero-order valence-electron chi connectivity index (χ0n) is 14.1. The van der Waals surface area contributed by atoms with Crippen molar-refractivity contribution in [3.8, 4) is 22.7 Å². The molecule has 3 aromatic heterocycles. The lowest BCUT2D eigenvalue weighted by atomic mass is 10.1. The molecule has 2 N–H and O–H groups in total. The molecule has 7 heteroatoms. The summed E-state index contributed by atoms with van der Waals surface area (Å²) < 4.78 is 18.3. The van der Waals surface area contributed by atoms with Crippen LogP contribution in [0.4, 0.5) is 4.39 Å². The molecule has 27 heavy (non-hydrogen) atoms. The Morgan fingerprint density at radius 1 is 1.11 bits per heavy atom. The first-order valence-corrected chi connectivity index (χ1v) is 8.27. The maximum absolute atomic E-state index is 13.0. The van der Waals surface area contributed by atoms with Gasteiger partial charge in [0.2, 0.25) is 0 Å². The van der Waals surface area contributed by atoms with Crippen LogP contribution in [0.15, 0.2) is 71.5 Å². The van der Waals surface area contributed by atoms with Crippen LogP contribution in [0.25, 0.3) is 22.7 Å². The summed E-state index contributed by atoms with van der Waals surface area (Å²) in [6.45, 7) is 0.333. The molecule has 0 radical (unpaired) electrons. The molecule has 0 fully saturated rings. The zero-order chi connectivity index (χ0) is 18.6. The Morgan fingerprint density at radius 2 is 1.96 bits per heavy atom. The maximum Gasteiger partial charge on any atom is 0.269 e. The number of furan rings is 1. The van der Waals surface area contributed by atoms with Crippen LogP contribution in [-0.2, 0) is 6.54 Å². The fraction of sp³-hybridized carbons (Fsp3) is 0.0500. The number of rotatable bonds is 5. The second-order valence-corrected chi connectivity index (χ2v) is 5.88. The van der Waals surface area contributed by atoms with Crippen molar-refractivity contribution < 1.29 is 13.6 Å². The number of halogens is 1. The molecule has 1 amide bonds. The number of benzene rings is 1. The average Bonchev–Trinajstić information content (AvgIpc) is 3.39. The molecule has 0 aliphatic carbocycles.